The van der Waals surface area contributed by atoms with Crippen LogP contribution in [0.2, 0.25) is 0 Å². The van der Waals surface area contributed by atoms with E-state index in [1.165, 1.54) is 0 Å². The van der Waals surface area contributed by atoms with Crippen molar-refractivity contribution in [3.63, 3.8) is 0 Å². The lowest BCUT2D eigenvalue weighted by Gasteiger charge is -2.27. The molecule has 0 fully saturated rings. The fourth-order valence-corrected chi connectivity index (χ4v) is 2.99. The van der Waals surface area contributed by atoms with Crippen LogP contribution in [0.25, 0.3) is 0 Å². The van der Waals surface area contributed by atoms with Gasteiger partial charge in [0.15, 0.2) is 5.96 Å². The zero-order valence-corrected chi connectivity index (χ0v) is 16.7. The first-order chi connectivity index (χ1) is 12.9. The Hall–Kier alpha value is -2.57. The van der Waals surface area contributed by atoms with Gasteiger partial charge in [-0.25, -0.2) is 0 Å². The minimum atomic E-state index is -0.588. The number of hydrogen-bond acceptors (Lipinski definition) is 3. The van der Waals surface area contributed by atoms with Crippen LogP contribution in [0.1, 0.15) is 45.6 Å². The van der Waals surface area contributed by atoms with Crippen LogP contribution in [-0.2, 0) is 9.59 Å². The van der Waals surface area contributed by atoms with Crippen molar-refractivity contribution in [2.24, 2.45) is 10.4 Å². The summed E-state index contributed by atoms with van der Waals surface area (Å²) in [7, 11) is 0. The predicted octanol–water partition coefficient (Wildman–Crippen LogP) is 1.83. The summed E-state index contributed by atoms with van der Waals surface area (Å²) >= 11 is 0. The number of anilines is 1. The number of carbonyl (C=O) groups is 2. The fraction of sp³-hybridized carbons (Fsp3) is 0.550. The molecule has 1 atom stereocenters. The molecule has 1 unspecified atom stereocenters. The molecule has 1 aromatic carbocycles. The molecule has 2 amide bonds. The van der Waals surface area contributed by atoms with Crippen molar-refractivity contribution >= 4 is 23.5 Å². The van der Waals surface area contributed by atoms with Gasteiger partial charge in [0.05, 0.1) is 12.0 Å². The molecule has 1 aromatic rings. The number of nitrogens with one attached hydrogen (secondary N) is 4. The Labute approximate surface area is 161 Å². The summed E-state index contributed by atoms with van der Waals surface area (Å²) < 4.78 is 0. The smallest absolute Gasteiger partial charge is 0.227 e. The molecule has 0 aromatic heterocycles. The van der Waals surface area contributed by atoms with Crippen molar-refractivity contribution in [1.29, 1.82) is 0 Å². The van der Waals surface area contributed by atoms with Gasteiger partial charge in [-0.15, -0.1) is 0 Å². The van der Waals surface area contributed by atoms with E-state index >= 15 is 0 Å². The molecule has 1 aliphatic heterocycles. The molecule has 2 rings (SSSR count). The summed E-state index contributed by atoms with van der Waals surface area (Å²) in [6, 6.07) is 7.87. The van der Waals surface area contributed by atoms with E-state index in [-0.39, 0.29) is 17.7 Å². The highest BCUT2D eigenvalue weighted by Crippen LogP contribution is 2.31. The normalized spacial score (nSPS) is 17.0. The summed E-state index contributed by atoms with van der Waals surface area (Å²) in [6.45, 7) is 9.95. The Morgan fingerprint density at radius 3 is 2.59 bits per heavy atom. The maximum atomic E-state index is 12.1. The third kappa shape index (κ3) is 5.70. The first-order valence-electron chi connectivity index (χ1n) is 9.56. The van der Waals surface area contributed by atoms with Crippen LogP contribution in [0.5, 0.6) is 0 Å². The molecule has 148 valence electrons. The molecule has 0 aliphatic carbocycles. The first-order valence-corrected chi connectivity index (χ1v) is 9.56. The maximum Gasteiger partial charge on any atom is 0.227 e. The lowest BCUT2D eigenvalue weighted by atomic mass is 9.90. The molecular weight excluding hydrogens is 342 g/mol. The number of fused-ring (bicyclic) bond motifs is 1. The summed E-state index contributed by atoms with van der Waals surface area (Å²) in [4.78, 5) is 28.7. The number of amides is 2. The number of rotatable bonds is 7. The average Bonchev–Trinajstić information content (AvgIpc) is 2.63. The standard InChI is InChI=1S/C20H31N5O2/c1-5-21-18(27)20(3,4)13-24-19(22-6-2)23-12-14-11-17(26)25-16-10-8-7-9-15(14)16/h7-10,14H,5-6,11-13H2,1-4H3,(H,21,27)(H,25,26)(H2,22,23,24). The van der Waals surface area contributed by atoms with Gasteiger partial charge < -0.3 is 21.3 Å². The summed E-state index contributed by atoms with van der Waals surface area (Å²) in [5, 5.41) is 12.3. The third-order valence-electron chi connectivity index (χ3n) is 4.55. The monoisotopic (exact) mass is 373 g/mol. The molecule has 1 aliphatic rings. The molecule has 0 saturated heterocycles. The van der Waals surface area contributed by atoms with Crippen molar-refractivity contribution in [3.05, 3.63) is 29.8 Å². The van der Waals surface area contributed by atoms with Crippen LogP contribution >= 0.6 is 0 Å². The Bertz CT molecular complexity index is 699. The zero-order chi connectivity index (χ0) is 19.9. The highest BCUT2D eigenvalue weighted by atomic mass is 16.2. The quantitative estimate of drug-likeness (QED) is 0.433. The van der Waals surface area contributed by atoms with E-state index in [2.05, 4.69) is 26.3 Å². The van der Waals surface area contributed by atoms with Gasteiger partial charge in [0.1, 0.15) is 0 Å². The second-order valence-corrected chi connectivity index (χ2v) is 7.36. The van der Waals surface area contributed by atoms with E-state index in [4.69, 9.17) is 0 Å². The Kier molecular flexibility index (Phi) is 7.21. The number of carbonyl (C=O) groups excluding carboxylic acids is 2. The molecule has 0 radical (unpaired) electrons. The van der Waals surface area contributed by atoms with E-state index < -0.39 is 5.41 Å². The van der Waals surface area contributed by atoms with Crippen LogP contribution in [-0.4, -0.2) is 44.0 Å². The Morgan fingerprint density at radius 2 is 1.89 bits per heavy atom. The molecular formula is C20H31N5O2. The highest BCUT2D eigenvalue weighted by Gasteiger charge is 2.27. The Morgan fingerprint density at radius 1 is 1.19 bits per heavy atom. The van der Waals surface area contributed by atoms with E-state index in [1.54, 1.807) is 0 Å². The molecule has 27 heavy (non-hydrogen) atoms. The average molecular weight is 374 g/mol. The van der Waals surface area contributed by atoms with Crippen LogP contribution in [0.4, 0.5) is 5.69 Å². The Balaban J connectivity index is 2.04. The largest absolute Gasteiger partial charge is 0.357 e. The molecule has 0 spiro atoms. The van der Waals surface area contributed by atoms with Crippen molar-refractivity contribution in [2.45, 2.75) is 40.0 Å². The molecule has 0 bridgehead atoms. The SMILES string of the molecule is CCNC(=O)C(C)(C)CN=C(NCC)NCC1CC(=O)Nc2ccccc21. The lowest BCUT2D eigenvalue weighted by Crippen LogP contribution is -2.43. The molecule has 7 nitrogen and oxygen atoms in total. The second kappa shape index (κ2) is 9.39. The molecule has 0 saturated carbocycles. The lowest BCUT2D eigenvalue weighted by molar-refractivity contribution is -0.128. The van der Waals surface area contributed by atoms with Gasteiger partial charge in [0.25, 0.3) is 0 Å². The molecule has 7 heteroatoms. The number of aliphatic imine (C=N–C) groups is 1. The van der Waals surface area contributed by atoms with E-state index in [0.29, 0.717) is 32.0 Å². The van der Waals surface area contributed by atoms with E-state index in [1.807, 2.05) is 52.0 Å². The summed E-state index contributed by atoms with van der Waals surface area (Å²) in [5.41, 5.74) is 1.42. The van der Waals surface area contributed by atoms with Crippen LogP contribution < -0.4 is 21.3 Å². The minimum absolute atomic E-state index is 0.0116. The second-order valence-electron chi connectivity index (χ2n) is 7.36. The maximum absolute atomic E-state index is 12.1. The number of hydrogen-bond donors (Lipinski definition) is 4. The van der Waals surface area contributed by atoms with Gasteiger partial charge in [0, 0.05) is 37.7 Å². The number of guanidine groups is 1. The van der Waals surface area contributed by atoms with Gasteiger partial charge in [-0.2, -0.15) is 0 Å². The summed E-state index contributed by atoms with van der Waals surface area (Å²) in [5.74, 6) is 0.746. The third-order valence-corrected chi connectivity index (χ3v) is 4.55. The van der Waals surface area contributed by atoms with Gasteiger partial charge in [0.2, 0.25) is 11.8 Å². The number of benzene rings is 1. The van der Waals surface area contributed by atoms with Gasteiger partial charge in [-0.1, -0.05) is 18.2 Å². The molecule has 1 heterocycles. The van der Waals surface area contributed by atoms with Crippen LogP contribution in [0, 0.1) is 5.41 Å². The number of para-hydroxylation sites is 1. The van der Waals surface area contributed by atoms with Crippen LogP contribution in [0.3, 0.4) is 0 Å². The molecule has 4 N–H and O–H groups in total. The summed E-state index contributed by atoms with van der Waals surface area (Å²) in [6.07, 6.45) is 0.438. The van der Waals surface area contributed by atoms with E-state index in [9.17, 15) is 9.59 Å². The van der Waals surface area contributed by atoms with Gasteiger partial charge in [-0.05, 0) is 39.3 Å². The van der Waals surface area contributed by atoms with Crippen molar-refractivity contribution in [3.8, 4) is 0 Å². The topological polar surface area (TPSA) is 94.6 Å². The van der Waals surface area contributed by atoms with Gasteiger partial charge in [-0.3, -0.25) is 14.6 Å². The first kappa shape index (κ1) is 20.7. The highest BCUT2D eigenvalue weighted by molar-refractivity contribution is 5.94. The van der Waals surface area contributed by atoms with Crippen LogP contribution in [0.15, 0.2) is 29.3 Å². The van der Waals surface area contributed by atoms with Crippen molar-refractivity contribution < 1.29 is 9.59 Å². The van der Waals surface area contributed by atoms with Crippen molar-refractivity contribution in [2.75, 3.05) is 31.5 Å². The minimum Gasteiger partial charge on any atom is -0.357 e. The van der Waals surface area contributed by atoms with Crippen molar-refractivity contribution in [1.82, 2.24) is 16.0 Å². The van der Waals surface area contributed by atoms with Gasteiger partial charge >= 0.3 is 0 Å². The fourth-order valence-electron chi connectivity index (χ4n) is 2.99. The predicted molar refractivity (Wildman–Crippen MR) is 109 cm³/mol. The van der Waals surface area contributed by atoms with E-state index in [0.717, 1.165) is 17.8 Å². The number of nitrogens with zero attached hydrogens (tertiary/aromatic N) is 1. The zero-order valence-electron chi connectivity index (χ0n) is 16.7.